The largest absolute Gasteiger partial charge is 0.494 e. The number of amides is 1. The second-order valence-electron chi connectivity index (χ2n) is 11.3. The van der Waals surface area contributed by atoms with Crippen molar-refractivity contribution < 1.29 is 9.90 Å². The first-order valence-electron chi connectivity index (χ1n) is 14.8. The molecule has 0 unspecified atom stereocenters. The molecule has 0 saturated carbocycles. The van der Waals surface area contributed by atoms with E-state index in [0.717, 1.165) is 60.4 Å². The van der Waals surface area contributed by atoms with E-state index in [0.29, 0.717) is 16.8 Å². The van der Waals surface area contributed by atoms with E-state index < -0.39 is 0 Å². The van der Waals surface area contributed by atoms with Crippen LogP contribution in [0.25, 0.3) is 10.9 Å². The van der Waals surface area contributed by atoms with E-state index in [1.807, 2.05) is 91.9 Å². The number of rotatable bonds is 8. The monoisotopic (exact) mass is 571 g/mol. The van der Waals surface area contributed by atoms with Crippen molar-refractivity contribution in [2.45, 2.75) is 19.5 Å². The molecule has 1 amide bonds. The Morgan fingerprint density at radius 3 is 2.26 bits per heavy atom. The summed E-state index contributed by atoms with van der Waals surface area (Å²) in [4.78, 5) is 26.3. The number of carbonyl (C=O) groups is 1. The van der Waals surface area contributed by atoms with Gasteiger partial charge < -0.3 is 20.3 Å². The lowest BCUT2D eigenvalue weighted by atomic mass is 9.99. The Morgan fingerprint density at radius 2 is 1.56 bits per heavy atom. The number of benzene rings is 4. The number of likely N-dealkylation sites (N-methyl/N-ethyl adjacent to an activating group) is 1. The van der Waals surface area contributed by atoms with Gasteiger partial charge in [-0.3, -0.25) is 9.69 Å². The second-order valence-corrected chi connectivity index (χ2v) is 11.3. The van der Waals surface area contributed by atoms with Crippen LogP contribution in [-0.4, -0.2) is 64.7 Å². The van der Waals surface area contributed by atoms with Crippen LogP contribution >= 0.6 is 0 Å². The van der Waals surface area contributed by atoms with Crippen LogP contribution in [0.5, 0.6) is 5.88 Å². The van der Waals surface area contributed by atoms with Gasteiger partial charge in [0, 0.05) is 54.8 Å². The number of piperazine rings is 1. The second kappa shape index (κ2) is 12.7. The molecule has 1 aromatic heterocycles. The van der Waals surface area contributed by atoms with Crippen molar-refractivity contribution in [1.29, 1.82) is 0 Å². The van der Waals surface area contributed by atoms with Crippen molar-refractivity contribution in [2.75, 3.05) is 33.2 Å². The average Bonchev–Trinajstić information content (AvgIpc) is 3.37. The normalized spacial score (nSPS) is 15.4. The zero-order chi connectivity index (χ0) is 29.8. The molecule has 1 fully saturated rings. The van der Waals surface area contributed by atoms with E-state index >= 15 is 0 Å². The Morgan fingerprint density at radius 1 is 0.884 bits per heavy atom. The fourth-order valence-electron chi connectivity index (χ4n) is 5.59. The third kappa shape index (κ3) is 6.53. The van der Waals surface area contributed by atoms with Crippen LogP contribution in [0.4, 0.5) is 5.69 Å². The highest BCUT2D eigenvalue weighted by molar-refractivity contribution is 6.22. The molecule has 0 bridgehead atoms. The molecule has 1 aliphatic heterocycles. The Labute approximate surface area is 252 Å². The molecule has 1 aliphatic rings. The highest BCUT2D eigenvalue weighted by Gasteiger charge is 2.21. The number of fused-ring (bicyclic) bond motifs is 1. The maximum Gasteiger partial charge on any atom is 0.251 e. The molecular formula is C36H37N5O2. The SMILES string of the molecule is C[C@@H](NC(=O)c1ccc2[nH]c(O)c(C(=Nc3ccc(CN4CCN(C)CC4)cc3)c3ccccc3)c2c1)c1ccccc1. The van der Waals surface area contributed by atoms with Gasteiger partial charge in [-0.1, -0.05) is 72.8 Å². The molecule has 0 radical (unpaired) electrons. The smallest absolute Gasteiger partial charge is 0.251 e. The van der Waals surface area contributed by atoms with E-state index in [1.54, 1.807) is 6.07 Å². The van der Waals surface area contributed by atoms with Crippen molar-refractivity contribution in [2.24, 2.45) is 4.99 Å². The lowest BCUT2D eigenvalue weighted by Gasteiger charge is -2.32. The average molecular weight is 572 g/mol. The number of hydrogen-bond donors (Lipinski definition) is 3. The maximum absolute atomic E-state index is 13.3. The highest BCUT2D eigenvalue weighted by Crippen LogP contribution is 2.32. The van der Waals surface area contributed by atoms with Gasteiger partial charge in [0.15, 0.2) is 5.88 Å². The van der Waals surface area contributed by atoms with Crippen LogP contribution in [-0.2, 0) is 6.54 Å². The summed E-state index contributed by atoms with van der Waals surface area (Å²) in [7, 11) is 2.17. The van der Waals surface area contributed by atoms with Crippen LogP contribution in [0.1, 0.15) is 45.6 Å². The number of aliphatic imine (C=N–C) groups is 1. The summed E-state index contributed by atoms with van der Waals surface area (Å²) in [5.41, 5.74) is 6.38. The van der Waals surface area contributed by atoms with Crippen molar-refractivity contribution in [1.82, 2.24) is 20.1 Å². The van der Waals surface area contributed by atoms with Crippen LogP contribution < -0.4 is 5.32 Å². The standard InChI is InChI=1S/C36H37N5O2/c1-25(27-9-5-3-6-10-27)37-35(42)29-15-18-32-31(23-29)33(36(43)39-32)34(28-11-7-4-8-12-28)38-30-16-13-26(14-17-30)24-41-21-19-40(2)20-22-41/h3-18,23,25,39,43H,19-22,24H2,1-2H3,(H,37,42)/t25-/m1/s1. The van der Waals surface area contributed by atoms with Crippen LogP contribution in [0.3, 0.4) is 0 Å². The molecular weight excluding hydrogens is 534 g/mol. The number of nitrogens with one attached hydrogen (secondary N) is 2. The highest BCUT2D eigenvalue weighted by atomic mass is 16.3. The van der Waals surface area contributed by atoms with E-state index in [-0.39, 0.29) is 17.8 Å². The molecule has 0 spiro atoms. The molecule has 5 aromatic rings. The quantitative estimate of drug-likeness (QED) is 0.191. The van der Waals surface area contributed by atoms with Gasteiger partial charge in [0.2, 0.25) is 0 Å². The zero-order valence-electron chi connectivity index (χ0n) is 24.6. The number of aromatic amines is 1. The van der Waals surface area contributed by atoms with E-state index in [4.69, 9.17) is 4.99 Å². The van der Waals surface area contributed by atoms with Gasteiger partial charge in [-0.2, -0.15) is 0 Å². The van der Waals surface area contributed by atoms with E-state index in [9.17, 15) is 9.90 Å². The summed E-state index contributed by atoms with van der Waals surface area (Å²) in [5.74, 6) is -0.168. The lowest BCUT2D eigenvalue weighted by Crippen LogP contribution is -2.43. The lowest BCUT2D eigenvalue weighted by molar-refractivity contribution is 0.0940. The fraction of sp³-hybridized carbons (Fsp3) is 0.222. The van der Waals surface area contributed by atoms with E-state index in [2.05, 4.69) is 39.3 Å². The summed E-state index contributed by atoms with van der Waals surface area (Å²) < 4.78 is 0. The molecule has 1 saturated heterocycles. The first-order valence-corrected chi connectivity index (χ1v) is 14.8. The maximum atomic E-state index is 13.3. The molecule has 1 atom stereocenters. The number of H-pyrrole nitrogens is 1. The third-order valence-electron chi connectivity index (χ3n) is 8.15. The van der Waals surface area contributed by atoms with Crippen LogP contribution in [0.15, 0.2) is 108 Å². The minimum absolute atomic E-state index is 0.0134. The van der Waals surface area contributed by atoms with E-state index in [1.165, 1.54) is 5.56 Å². The van der Waals surface area contributed by atoms with Gasteiger partial charge in [-0.05, 0) is 55.4 Å². The summed E-state index contributed by atoms with van der Waals surface area (Å²) in [6, 6.07) is 33.3. The Balaban J connectivity index is 1.32. The molecule has 7 nitrogen and oxygen atoms in total. The van der Waals surface area contributed by atoms with Gasteiger partial charge in [0.05, 0.1) is 23.0 Å². The fourth-order valence-corrected chi connectivity index (χ4v) is 5.59. The third-order valence-corrected chi connectivity index (χ3v) is 8.15. The van der Waals surface area contributed by atoms with Gasteiger partial charge in [0.1, 0.15) is 0 Å². The van der Waals surface area contributed by atoms with Crippen LogP contribution in [0, 0.1) is 0 Å². The van der Waals surface area contributed by atoms with Crippen molar-refractivity contribution in [3.8, 4) is 5.88 Å². The van der Waals surface area contributed by atoms with Gasteiger partial charge in [-0.25, -0.2) is 4.99 Å². The molecule has 6 rings (SSSR count). The predicted molar refractivity (Wildman–Crippen MR) is 173 cm³/mol. The summed E-state index contributed by atoms with van der Waals surface area (Å²) in [5, 5.41) is 15.0. The van der Waals surface area contributed by atoms with Gasteiger partial charge >= 0.3 is 0 Å². The number of nitrogens with zero attached hydrogens (tertiary/aromatic N) is 3. The molecule has 0 aliphatic carbocycles. The molecule has 7 heteroatoms. The Kier molecular flexibility index (Phi) is 8.36. The minimum atomic E-state index is -0.181. The predicted octanol–water partition coefficient (Wildman–Crippen LogP) is 6.28. The first-order chi connectivity index (χ1) is 20.9. The molecule has 43 heavy (non-hydrogen) atoms. The molecule has 218 valence electrons. The topological polar surface area (TPSA) is 84.0 Å². The van der Waals surface area contributed by atoms with Crippen LogP contribution in [0.2, 0.25) is 0 Å². The molecule has 3 N–H and O–H groups in total. The number of aromatic hydroxyl groups is 1. The summed E-state index contributed by atoms with van der Waals surface area (Å²) in [6.07, 6.45) is 0. The Hall–Kier alpha value is -4.72. The number of aromatic nitrogens is 1. The summed E-state index contributed by atoms with van der Waals surface area (Å²) >= 11 is 0. The van der Waals surface area contributed by atoms with Gasteiger partial charge in [-0.15, -0.1) is 0 Å². The molecule has 4 aromatic carbocycles. The zero-order valence-corrected chi connectivity index (χ0v) is 24.6. The van der Waals surface area contributed by atoms with Gasteiger partial charge in [0.25, 0.3) is 5.91 Å². The van der Waals surface area contributed by atoms with Crippen molar-refractivity contribution >= 4 is 28.2 Å². The molecule has 2 heterocycles. The minimum Gasteiger partial charge on any atom is -0.494 e. The first kappa shape index (κ1) is 28.4. The summed E-state index contributed by atoms with van der Waals surface area (Å²) in [6.45, 7) is 7.20. The van der Waals surface area contributed by atoms with Crippen molar-refractivity contribution in [3.63, 3.8) is 0 Å². The Bertz CT molecular complexity index is 1720. The van der Waals surface area contributed by atoms with Crippen molar-refractivity contribution in [3.05, 3.63) is 131 Å². The number of hydrogen-bond acceptors (Lipinski definition) is 5. The number of carbonyl (C=O) groups excluding carboxylic acids is 1.